The van der Waals surface area contributed by atoms with Crippen LogP contribution in [0.15, 0.2) is 53.6 Å². The highest BCUT2D eigenvalue weighted by molar-refractivity contribution is 7.80. The van der Waals surface area contributed by atoms with E-state index in [1.165, 1.54) is 5.56 Å². The quantitative estimate of drug-likeness (QED) is 0.438. The van der Waals surface area contributed by atoms with Crippen molar-refractivity contribution in [3.63, 3.8) is 0 Å². The molecule has 0 saturated carbocycles. The van der Waals surface area contributed by atoms with Gasteiger partial charge in [-0.2, -0.15) is 5.10 Å². The maximum absolute atomic E-state index is 5.42. The minimum Gasteiger partial charge on any atom is -0.494 e. The lowest BCUT2D eigenvalue weighted by atomic mass is 9.86. The summed E-state index contributed by atoms with van der Waals surface area (Å²) in [6.45, 7) is 11.2. The summed E-state index contributed by atoms with van der Waals surface area (Å²) in [5.41, 5.74) is 7.16. The average Bonchev–Trinajstić information content (AvgIpc) is 2.61. The maximum Gasteiger partial charge on any atom is 0.191 e. The number of rotatable bonds is 5. The van der Waals surface area contributed by atoms with Crippen molar-refractivity contribution in [2.75, 3.05) is 11.9 Å². The van der Waals surface area contributed by atoms with Crippen molar-refractivity contribution < 1.29 is 4.74 Å². The van der Waals surface area contributed by atoms with Crippen molar-refractivity contribution >= 4 is 28.7 Å². The molecule has 2 aromatic rings. The van der Waals surface area contributed by atoms with Gasteiger partial charge in [0.1, 0.15) is 5.75 Å². The van der Waals surface area contributed by atoms with Crippen LogP contribution in [-0.4, -0.2) is 17.4 Å². The largest absolute Gasteiger partial charge is 0.494 e. The molecule has 2 aromatic carbocycles. The highest BCUT2D eigenvalue weighted by Gasteiger charge is 2.13. The molecule has 0 spiro atoms. The molecule has 138 valence electrons. The Morgan fingerprint density at radius 3 is 2.19 bits per heavy atom. The first-order chi connectivity index (χ1) is 12.3. The lowest BCUT2D eigenvalue weighted by Gasteiger charge is -2.19. The number of anilines is 1. The molecular weight excluding hydrogens is 342 g/mol. The first kappa shape index (κ1) is 19.9. The fourth-order valence-corrected chi connectivity index (χ4v) is 2.53. The topological polar surface area (TPSA) is 45.6 Å². The third-order valence-corrected chi connectivity index (χ3v) is 4.11. The molecule has 0 aromatic heterocycles. The molecule has 26 heavy (non-hydrogen) atoms. The predicted molar refractivity (Wildman–Crippen MR) is 114 cm³/mol. The van der Waals surface area contributed by atoms with Gasteiger partial charge in [-0.1, -0.05) is 45.0 Å². The van der Waals surface area contributed by atoms with Gasteiger partial charge in [0.25, 0.3) is 0 Å². The van der Waals surface area contributed by atoms with E-state index in [4.69, 9.17) is 17.0 Å². The molecule has 0 aliphatic rings. The zero-order valence-corrected chi connectivity index (χ0v) is 16.9. The molecule has 4 nitrogen and oxygen atoms in total. The second kappa shape index (κ2) is 8.81. The Kier molecular flexibility index (Phi) is 6.75. The Labute approximate surface area is 161 Å². The van der Waals surface area contributed by atoms with E-state index in [0.717, 1.165) is 22.7 Å². The van der Waals surface area contributed by atoms with Crippen molar-refractivity contribution in [2.24, 2.45) is 5.10 Å². The molecular formula is C21H27N3OS. The van der Waals surface area contributed by atoms with Crippen LogP contribution in [0.3, 0.4) is 0 Å². The van der Waals surface area contributed by atoms with Gasteiger partial charge < -0.3 is 10.1 Å². The Morgan fingerprint density at radius 1 is 1.04 bits per heavy atom. The molecule has 0 aliphatic heterocycles. The molecule has 0 atom stereocenters. The summed E-state index contributed by atoms with van der Waals surface area (Å²) in [5.74, 6) is 0.837. The smallest absolute Gasteiger partial charge is 0.191 e. The van der Waals surface area contributed by atoms with E-state index in [-0.39, 0.29) is 5.41 Å². The van der Waals surface area contributed by atoms with Gasteiger partial charge in [0, 0.05) is 5.69 Å². The van der Waals surface area contributed by atoms with E-state index in [2.05, 4.69) is 60.9 Å². The Hall–Kier alpha value is -2.40. The van der Waals surface area contributed by atoms with E-state index >= 15 is 0 Å². The lowest BCUT2D eigenvalue weighted by molar-refractivity contribution is 0.340. The van der Waals surface area contributed by atoms with E-state index in [1.807, 2.05) is 38.1 Å². The molecule has 0 heterocycles. The van der Waals surface area contributed by atoms with Gasteiger partial charge in [0.15, 0.2) is 5.11 Å². The Balaban J connectivity index is 1.94. The molecule has 2 rings (SSSR count). The van der Waals surface area contributed by atoms with Crippen molar-refractivity contribution in [3.05, 3.63) is 59.7 Å². The van der Waals surface area contributed by atoms with Gasteiger partial charge in [0.05, 0.1) is 12.3 Å². The van der Waals surface area contributed by atoms with Gasteiger partial charge in [-0.25, -0.2) is 0 Å². The van der Waals surface area contributed by atoms with Crippen molar-refractivity contribution in [2.45, 2.75) is 40.0 Å². The Bertz CT molecular complexity index is 759. The van der Waals surface area contributed by atoms with Crippen LogP contribution in [0, 0.1) is 0 Å². The third-order valence-electron chi connectivity index (χ3n) is 3.92. The van der Waals surface area contributed by atoms with Gasteiger partial charge in [0.2, 0.25) is 0 Å². The molecule has 0 saturated heterocycles. The van der Waals surface area contributed by atoms with E-state index in [1.54, 1.807) is 0 Å². The van der Waals surface area contributed by atoms with E-state index in [0.29, 0.717) is 11.7 Å². The predicted octanol–water partition coefficient (Wildman–Crippen LogP) is 5.09. The molecule has 0 aliphatic carbocycles. The second-order valence-electron chi connectivity index (χ2n) is 7.05. The van der Waals surface area contributed by atoms with Crippen molar-refractivity contribution in [1.82, 2.24) is 5.43 Å². The summed E-state index contributed by atoms with van der Waals surface area (Å²) in [6, 6.07) is 16.1. The van der Waals surface area contributed by atoms with Crippen molar-refractivity contribution in [1.29, 1.82) is 0 Å². The summed E-state index contributed by atoms with van der Waals surface area (Å²) in [4.78, 5) is 0. The zero-order chi connectivity index (χ0) is 19.2. The molecule has 5 heteroatoms. The van der Waals surface area contributed by atoms with Gasteiger partial charge in [-0.05, 0) is 66.9 Å². The molecule has 0 amide bonds. The van der Waals surface area contributed by atoms with Gasteiger partial charge >= 0.3 is 0 Å². The Morgan fingerprint density at radius 2 is 1.65 bits per heavy atom. The number of hydrogen-bond acceptors (Lipinski definition) is 3. The summed E-state index contributed by atoms with van der Waals surface area (Å²) in [6.07, 6.45) is 0. The number of thiocarbonyl (C=S) groups is 1. The number of ether oxygens (including phenoxy) is 1. The number of benzene rings is 2. The van der Waals surface area contributed by atoms with Crippen LogP contribution in [0.4, 0.5) is 5.69 Å². The average molecular weight is 370 g/mol. The van der Waals surface area contributed by atoms with Crippen molar-refractivity contribution in [3.8, 4) is 5.75 Å². The highest BCUT2D eigenvalue weighted by atomic mass is 32.1. The maximum atomic E-state index is 5.42. The molecule has 2 N–H and O–H groups in total. The fourth-order valence-electron chi connectivity index (χ4n) is 2.37. The van der Waals surface area contributed by atoms with Gasteiger partial charge in [-0.3, -0.25) is 5.43 Å². The lowest BCUT2D eigenvalue weighted by Crippen LogP contribution is -2.25. The summed E-state index contributed by atoms with van der Waals surface area (Å²) in [7, 11) is 0. The number of nitrogens with one attached hydrogen (secondary N) is 2. The minimum atomic E-state index is 0.144. The van der Waals surface area contributed by atoms with E-state index < -0.39 is 0 Å². The van der Waals surface area contributed by atoms with Crippen LogP contribution in [0.5, 0.6) is 5.75 Å². The fraction of sp³-hybridized carbons (Fsp3) is 0.333. The summed E-state index contributed by atoms with van der Waals surface area (Å²) < 4.78 is 5.42. The van der Waals surface area contributed by atoms with Crippen LogP contribution in [-0.2, 0) is 5.41 Å². The number of hydrogen-bond donors (Lipinski definition) is 2. The number of nitrogens with zero attached hydrogens (tertiary/aromatic N) is 1. The summed E-state index contributed by atoms with van der Waals surface area (Å²) in [5, 5.41) is 7.92. The van der Waals surface area contributed by atoms with Crippen LogP contribution < -0.4 is 15.5 Å². The molecule has 0 radical (unpaired) electrons. The monoisotopic (exact) mass is 369 g/mol. The zero-order valence-electron chi connectivity index (χ0n) is 16.1. The minimum absolute atomic E-state index is 0.144. The molecule has 0 fully saturated rings. The second-order valence-corrected chi connectivity index (χ2v) is 7.46. The van der Waals surface area contributed by atoms with Gasteiger partial charge in [-0.15, -0.1) is 0 Å². The van der Waals surface area contributed by atoms with Crippen LogP contribution in [0.25, 0.3) is 0 Å². The van der Waals surface area contributed by atoms with Crippen LogP contribution in [0.2, 0.25) is 0 Å². The SMILES string of the molecule is CCOc1ccc(NC(=S)NN=C(C)c2ccc(C(C)(C)C)cc2)cc1. The first-order valence-corrected chi connectivity index (χ1v) is 9.15. The molecule has 0 unspecified atom stereocenters. The van der Waals surface area contributed by atoms with Crippen LogP contribution in [0.1, 0.15) is 45.7 Å². The van der Waals surface area contributed by atoms with Crippen LogP contribution >= 0.6 is 12.2 Å². The summed E-state index contributed by atoms with van der Waals surface area (Å²) >= 11 is 5.30. The normalized spacial score (nSPS) is 11.8. The molecule has 0 bridgehead atoms. The highest BCUT2D eigenvalue weighted by Crippen LogP contribution is 2.22. The van der Waals surface area contributed by atoms with E-state index in [9.17, 15) is 0 Å². The third kappa shape index (κ3) is 5.85. The number of hydrazone groups is 1. The standard InChI is InChI=1S/C21H27N3OS/c1-6-25-19-13-11-18(12-14-19)22-20(26)24-23-15(2)16-7-9-17(10-8-16)21(3,4)5/h7-14H,6H2,1-5H3,(H2,22,24,26). The first-order valence-electron chi connectivity index (χ1n) is 8.74.